The van der Waals surface area contributed by atoms with E-state index in [0.29, 0.717) is 31.7 Å². The molecule has 0 bridgehead atoms. The van der Waals surface area contributed by atoms with Crippen molar-refractivity contribution in [2.24, 2.45) is 0 Å². The van der Waals surface area contributed by atoms with Crippen LogP contribution in [0.5, 0.6) is 11.5 Å². The molecular formula is C28H33NO5. The Labute approximate surface area is 201 Å². The van der Waals surface area contributed by atoms with Crippen molar-refractivity contribution in [3.05, 3.63) is 64.7 Å². The number of nitrogens with zero attached hydrogens (tertiary/aromatic N) is 1. The Hall–Kier alpha value is -3.28. The first-order valence-corrected chi connectivity index (χ1v) is 12.3. The molecule has 1 N–H and O–H groups in total. The number of aliphatic hydroxyl groups excluding tert-OH is 1. The largest absolute Gasteiger partial charge is 0.507 e. The van der Waals surface area contributed by atoms with Gasteiger partial charge in [-0.1, -0.05) is 38.8 Å². The lowest BCUT2D eigenvalue weighted by atomic mass is 9.94. The highest BCUT2D eigenvalue weighted by Crippen LogP contribution is 2.40. The zero-order valence-corrected chi connectivity index (χ0v) is 20.0. The highest BCUT2D eigenvalue weighted by molar-refractivity contribution is 6.46. The van der Waals surface area contributed by atoms with E-state index in [9.17, 15) is 14.7 Å². The van der Waals surface area contributed by atoms with Gasteiger partial charge in [0.05, 0.1) is 24.8 Å². The molecule has 2 heterocycles. The van der Waals surface area contributed by atoms with Crippen LogP contribution in [0.25, 0.3) is 5.76 Å². The molecule has 34 heavy (non-hydrogen) atoms. The molecule has 2 aromatic rings. The van der Waals surface area contributed by atoms with Gasteiger partial charge >= 0.3 is 0 Å². The quantitative estimate of drug-likeness (QED) is 0.233. The molecule has 1 saturated heterocycles. The number of likely N-dealkylation sites (tertiary alicyclic amines) is 1. The van der Waals surface area contributed by atoms with Crippen molar-refractivity contribution in [2.75, 3.05) is 19.8 Å². The van der Waals surface area contributed by atoms with Gasteiger partial charge in [-0.15, -0.1) is 0 Å². The van der Waals surface area contributed by atoms with Gasteiger partial charge < -0.3 is 19.5 Å². The van der Waals surface area contributed by atoms with E-state index in [-0.39, 0.29) is 11.3 Å². The number of hydrogen-bond donors (Lipinski definition) is 1. The van der Waals surface area contributed by atoms with Crippen LogP contribution in [0, 0.1) is 0 Å². The van der Waals surface area contributed by atoms with Crippen LogP contribution in [0.15, 0.2) is 48.0 Å². The van der Waals surface area contributed by atoms with Crippen LogP contribution >= 0.6 is 0 Å². The number of amides is 1. The topological polar surface area (TPSA) is 76.1 Å². The van der Waals surface area contributed by atoms with Gasteiger partial charge in [0.1, 0.15) is 17.3 Å². The molecule has 2 aliphatic heterocycles. The Balaban J connectivity index is 1.69. The molecule has 1 fully saturated rings. The van der Waals surface area contributed by atoms with Crippen LogP contribution < -0.4 is 9.47 Å². The van der Waals surface area contributed by atoms with Gasteiger partial charge in [-0.05, 0) is 67.1 Å². The molecule has 0 aromatic heterocycles. The number of carbonyl (C=O) groups excluding carboxylic acids is 2. The highest BCUT2D eigenvalue weighted by Gasteiger charge is 2.45. The van der Waals surface area contributed by atoms with Gasteiger partial charge in [0, 0.05) is 12.1 Å². The van der Waals surface area contributed by atoms with E-state index >= 15 is 0 Å². The third kappa shape index (κ3) is 4.81. The summed E-state index contributed by atoms with van der Waals surface area (Å²) in [5.74, 6) is 0.192. The predicted octanol–water partition coefficient (Wildman–Crippen LogP) is 5.41. The summed E-state index contributed by atoms with van der Waals surface area (Å²) < 4.78 is 11.5. The second-order valence-electron chi connectivity index (χ2n) is 8.89. The Morgan fingerprint density at radius 2 is 1.88 bits per heavy atom. The summed E-state index contributed by atoms with van der Waals surface area (Å²) in [5, 5.41) is 11.3. The first-order chi connectivity index (χ1) is 16.5. The number of fused-ring (bicyclic) bond motifs is 1. The normalized spacial score (nSPS) is 19.1. The first-order valence-electron chi connectivity index (χ1n) is 12.3. The molecular weight excluding hydrogens is 430 g/mol. The lowest BCUT2D eigenvalue weighted by molar-refractivity contribution is -0.139. The summed E-state index contributed by atoms with van der Waals surface area (Å²) in [6, 6.07) is 12.3. The average Bonchev–Trinajstić information content (AvgIpc) is 3.11. The Morgan fingerprint density at radius 3 is 2.62 bits per heavy atom. The number of rotatable bonds is 9. The number of ketones is 1. The number of benzene rings is 2. The van der Waals surface area contributed by atoms with E-state index in [1.807, 2.05) is 43.3 Å². The van der Waals surface area contributed by atoms with Crippen LogP contribution in [0.2, 0.25) is 0 Å². The van der Waals surface area contributed by atoms with Crippen molar-refractivity contribution < 1.29 is 24.2 Å². The van der Waals surface area contributed by atoms with Gasteiger partial charge in [0.2, 0.25) is 0 Å². The lowest BCUT2D eigenvalue weighted by Gasteiger charge is -2.25. The maximum atomic E-state index is 13.1. The van der Waals surface area contributed by atoms with E-state index in [1.165, 1.54) is 0 Å². The molecule has 0 saturated carbocycles. The van der Waals surface area contributed by atoms with Gasteiger partial charge in [0.15, 0.2) is 0 Å². The average molecular weight is 464 g/mol. The number of aryl methyl sites for hydroxylation is 1. The van der Waals surface area contributed by atoms with Crippen molar-refractivity contribution in [3.63, 3.8) is 0 Å². The Bertz CT molecular complexity index is 1070. The fourth-order valence-corrected chi connectivity index (χ4v) is 4.65. The fraction of sp³-hybridized carbons (Fsp3) is 0.429. The maximum absolute atomic E-state index is 13.1. The number of aliphatic hydroxyl groups is 1. The summed E-state index contributed by atoms with van der Waals surface area (Å²) in [6.07, 6.45) is 5.72. The zero-order valence-electron chi connectivity index (χ0n) is 20.0. The van der Waals surface area contributed by atoms with Gasteiger partial charge in [-0.25, -0.2) is 0 Å². The molecule has 0 radical (unpaired) electrons. The number of unbranched alkanes of at least 4 members (excludes halogenated alkanes) is 2. The van der Waals surface area contributed by atoms with Crippen molar-refractivity contribution in [1.29, 1.82) is 0 Å². The number of Topliss-reactive ketones (excluding diaryl/α,β-unsaturated/α-hetero) is 1. The maximum Gasteiger partial charge on any atom is 0.295 e. The molecule has 0 spiro atoms. The molecule has 4 rings (SSSR count). The molecule has 6 heteroatoms. The smallest absolute Gasteiger partial charge is 0.295 e. The van der Waals surface area contributed by atoms with Crippen LogP contribution in [0.1, 0.15) is 68.7 Å². The van der Waals surface area contributed by atoms with Crippen molar-refractivity contribution in [2.45, 2.75) is 58.4 Å². The van der Waals surface area contributed by atoms with Crippen LogP contribution in [-0.4, -0.2) is 41.5 Å². The molecule has 1 amide bonds. The minimum Gasteiger partial charge on any atom is -0.507 e. The van der Waals surface area contributed by atoms with E-state index < -0.39 is 17.7 Å². The Kier molecular flexibility index (Phi) is 7.56. The standard InChI is InChI=1S/C28H33NO5/c1-3-5-6-16-33-22-12-9-19(10-13-22)25-24(27(31)28(32)29(25)15-4-2)26(30)21-11-14-23-20(18-21)8-7-17-34-23/h9-14,18,25,30H,3-8,15-17H2,1-2H3/b26-24-. The van der Waals surface area contributed by atoms with Gasteiger partial charge in [-0.2, -0.15) is 0 Å². The second kappa shape index (κ2) is 10.8. The predicted molar refractivity (Wildman–Crippen MR) is 131 cm³/mol. The van der Waals surface area contributed by atoms with Crippen LogP contribution in [0.4, 0.5) is 0 Å². The van der Waals surface area contributed by atoms with E-state index in [2.05, 4.69) is 6.92 Å². The number of carbonyl (C=O) groups is 2. The lowest BCUT2D eigenvalue weighted by Crippen LogP contribution is -2.30. The SMILES string of the molecule is CCCCCOc1ccc(C2/C(=C(/O)c3ccc4c(c3)CCCO4)C(=O)C(=O)N2CCC)cc1. The van der Waals surface area contributed by atoms with Crippen molar-refractivity contribution >= 4 is 17.4 Å². The minimum atomic E-state index is -0.648. The summed E-state index contributed by atoms with van der Waals surface area (Å²) >= 11 is 0. The van der Waals surface area contributed by atoms with Crippen LogP contribution in [-0.2, 0) is 16.0 Å². The minimum absolute atomic E-state index is 0.131. The molecule has 180 valence electrons. The third-order valence-electron chi connectivity index (χ3n) is 6.40. The fourth-order valence-electron chi connectivity index (χ4n) is 4.65. The van der Waals surface area contributed by atoms with E-state index in [1.54, 1.807) is 11.0 Å². The molecule has 2 aliphatic rings. The molecule has 6 nitrogen and oxygen atoms in total. The van der Waals surface area contributed by atoms with Crippen molar-refractivity contribution in [1.82, 2.24) is 4.90 Å². The zero-order chi connectivity index (χ0) is 24.1. The molecule has 1 unspecified atom stereocenters. The highest BCUT2D eigenvalue weighted by atomic mass is 16.5. The van der Waals surface area contributed by atoms with Crippen LogP contribution in [0.3, 0.4) is 0 Å². The summed E-state index contributed by atoms with van der Waals surface area (Å²) in [7, 11) is 0. The number of hydrogen-bond acceptors (Lipinski definition) is 5. The van der Waals surface area contributed by atoms with Crippen molar-refractivity contribution in [3.8, 4) is 11.5 Å². The third-order valence-corrected chi connectivity index (χ3v) is 6.40. The van der Waals surface area contributed by atoms with E-state index in [4.69, 9.17) is 9.47 Å². The molecule has 2 aromatic carbocycles. The van der Waals surface area contributed by atoms with Gasteiger partial charge in [-0.3, -0.25) is 9.59 Å². The second-order valence-corrected chi connectivity index (χ2v) is 8.89. The molecule has 1 atom stereocenters. The first kappa shape index (κ1) is 23.9. The monoisotopic (exact) mass is 463 g/mol. The molecule has 0 aliphatic carbocycles. The van der Waals surface area contributed by atoms with E-state index in [0.717, 1.165) is 54.7 Å². The number of ether oxygens (including phenoxy) is 2. The van der Waals surface area contributed by atoms with Gasteiger partial charge in [0.25, 0.3) is 11.7 Å². The summed E-state index contributed by atoms with van der Waals surface area (Å²) in [6.45, 7) is 5.88. The summed E-state index contributed by atoms with van der Waals surface area (Å²) in [5.41, 5.74) is 2.43. The Morgan fingerprint density at radius 1 is 1.09 bits per heavy atom. The summed E-state index contributed by atoms with van der Waals surface area (Å²) in [4.78, 5) is 27.6.